The van der Waals surface area contributed by atoms with E-state index in [1.807, 2.05) is 6.07 Å². The van der Waals surface area contributed by atoms with Crippen molar-refractivity contribution in [1.82, 2.24) is 0 Å². The molecule has 2 rings (SSSR count). The molecule has 14 heavy (non-hydrogen) atoms. The van der Waals surface area contributed by atoms with Gasteiger partial charge in [-0.1, -0.05) is 24.3 Å². The molecule has 2 nitrogen and oxygen atoms in total. The highest BCUT2D eigenvalue weighted by Gasteiger charge is 2.24. The SMILES string of the molecule is COC(=O)[C@@H]1CCc2ccccc2C1. The Morgan fingerprint density at radius 1 is 1.36 bits per heavy atom. The zero-order valence-electron chi connectivity index (χ0n) is 8.32. The van der Waals surface area contributed by atoms with Gasteiger partial charge >= 0.3 is 5.97 Å². The first kappa shape index (κ1) is 9.25. The number of fused-ring (bicyclic) bond motifs is 1. The van der Waals surface area contributed by atoms with E-state index >= 15 is 0 Å². The smallest absolute Gasteiger partial charge is 0.309 e. The third kappa shape index (κ3) is 1.65. The zero-order valence-corrected chi connectivity index (χ0v) is 8.32. The normalized spacial score (nSPS) is 19.9. The number of aryl methyl sites for hydroxylation is 1. The summed E-state index contributed by atoms with van der Waals surface area (Å²) in [5, 5.41) is 0. The maximum absolute atomic E-state index is 11.4. The number of hydrogen-bond acceptors (Lipinski definition) is 2. The molecule has 0 radical (unpaired) electrons. The minimum absolute atomic E-state index is 0.0647. The van der Waals surface area contributed by atoms with Gasteiger partial charge < -0.3 is 4.74 Å². The predicted octanol–water partition coefficient (Wildman–Crippen LogP) is 1.96. The minimum Gasteiger partial charge on any atom is -0.469 e. The summed E-state index contributed by atoms with van der Waals surface area (Å²) >= 11 is 0. The number of ether oxygens (including phenoxy) is 1. The molecule has 1 aromatic rings. The van der Waals surface area contributed by atoms with E-state index in [2.05, 4.69) is 18.2 Å². The number of hydrogen-bond donors (Lipinski definition) is 0. The predicted molar refractivity (Wildman–Crippen MR) is 54.0 cm³/mol. The van der Waals surface area contributed by atoms with Crippen molar-refractivity contribution >= 4 is 5.97 Å². The summed E-state index contributed by atoms with van der Waals surface area (Å²) in [5.41, 5.74) is 2.68. The van der Waals surface area contributed by atoms with Gasteiger partial charge in [-0.3, -0.25) is 4.79 Å². The van der Waals surface area contributed by atoms with Crippen LogP contribution in [-0.2, 0) is 22.4 Å². The van der Waals surface area contributed by atoms with Crippen molar-refractivity contribution in [3.63, 3.8) is 0 Å². The summed E-state index contributed by atoms with van der Waals surface area (Å²) in [4.78, 5) is 11.4. The summed E-state index contributed by atoms with van der Waals surface area (Å²) in [5.74, 6) is -0.00518. The molecule has 74 valence electrons. The lowest BCUT2D eigenvalue weighted by Gasteiger charge is -2.22. The largest absolute Gasteiger partial charge is 0.469 e. The standard InChI is InChI=1S/C12H14O2/c1-14-12(13)11-7-6-9-4-2-3-5-10(9)8-11/h2-5,11H,6-8H2,1H3/t11-/m1/s1. The van der Waals surface area contributed by atoms with Crippen LogP contribution in [-0.4, -0.2) is 13.1 Å². The Hall–Kier alpha value is -1.31. The van der Waals surface area contributed by atoms with E-state index < -0.39 is 0 Å². The fraction of sp³-hybridized carbons (Fsp3) is 0.417. The lowest BCUT2D eigenvalue weighted by molar-refractivity contribution is -0.145. The van der Waals surface area contributed by atoms with Gasteiger partial charge in [0, 0.05) is 0 Å². The Labute approximate surface area is 83.9 Å². The monoisotopic (exact) mass is 190 g/mol. The summed E-state index contributed by atoms with van der Waals surface area (Å²) in [6.07, 6.45) is 2.75. The molecule has 1 aliphatic rings. The van der Waals surface area contributed by atoms with Gasteiger partial charge in [-0.05, 0) is 30.4 Å². The summed E-state index contributed by atoms with van der Waals surface area (Å²) in [6, 6.07) is 8.32. The highest BCUT2D eigenvalue weighted by Crippen LogP contribution is 2.25. The van der Waals surface area contributed by atoms with E-state index in [1.54, 1.807) is 0 Å². The molecule has 0 aliphatic heterocycles. The molecule has 0 aromatic heterocycles. The minimum atomic E-state index is -0.0699. The average molecular weight is 190 g/mol. The topological polar surface area (TPSA) is 26.3 Å². The Bertz CT molecular complexity index is 344. The second-order valence-corrected chi connectivity index (χ2v) is 3.73. The summed E-state index contributed by atoms with van der Waals surface area (Å²) in [6.45, 7) is 0. The van der Waals surface area contributed by atoms with Crippen molar-refractivity contribution in [2.75, 3.05) is 7.11 Å². The van der Waals surface area contributed by atoms with E-state index in [9.17, 15) is 4.79 Å². The molecule has 0 saturated carbocycles. The van der Waals surface area contributed by atoms with Gasteiger partial charge in [0.2, 0.25) is 0 Å². The first-order valence-electron chi connectivity index (χ1n) is 4.96. The second kappa shape index (κ2) is 3.82. The van der Waals surface area contributed by atoms with Crippen molar-refractivity contribution in [3.8, 4) is 0 Å². The Kier molecular flexibility index (Phi) is 2.53. The molecule has 0 bridgehead atoms. The quantitative estimate of drug-likeness (QED) is 0.633. The van der Waals surface area contributed by atoms with Gasteiger partial charge in [0.25, 0.3) is 0 Å². The van der Waals surface area contributed by atoms with Gasteiger partial charge in [-0.25, -0.2) is 0 Å². The fourth-order valence-electron chi connectivity index (χ4n) is 2.07. The Morgan fingerprint density at radius 3 is 2.79 bits per heavy atom. The molecule has 0 heterocycles. The van der Waals surface area contributed by atoms with Gasteiger partial charge in [0.15, 0.2) is 0 Å². The molecule has 1 atom stereocenters. The Balaban J connectivity index is 2.17. The maximum atomic E-state index is 11.4. The van der Waals surface area contributed by atoms with Crippen molar-refractivity contribution < 1.29 is 9.53 Å². The highest BCUT2D eigenvalue weighted by molar-refractivity contribution is 5.73. The van der Waals surface area contributed by atoms with Crippen molar-refractivity contribution in [2.24, 2.45) is 5.92 Å². The first-order valence-corrected chi connectivity index (χ1v) is 4.96. The molecule has 0 fully saturated rings. The van der Waals surface area contributed by atoms with Crippen LogP contribution in [0.2, 0.25) is 0 Å². The van der Waals surface area contributed by atoms with Gasteiger partial charge in [0.1, 0.15) is 0 Å². The van der Waals surface area contributed by atoms with Gasteiger partial charge in [0.05, 0.1) is 13.0 Å². The van der Waals surface area contributed by atoms with E-state index in [4.69, 9.17) is 4.74 Å². The van der Waals surface area contributed by atoms with Crippen LogP contribution in [0.25, 0.3) is 0 Å². The Morgan fingerprint density at radius 2 is 2.07 bits per heavy atom. The molecule has 2 heteroatoms. The van der Waals surface area contributed by atoms with Crippen LogP contribution in [0.3, 0.4) is 0 Å². The molecule has 1 aromatic carbocycles. The van der Waals surface area contributed by atoms with E-state index in [0.717, 1.165) is 19.3 Å². The lowest BCUT2D eigenvalue weighted by Crippen LogP contribution is -2.23. The molecule has 0 unspecified atom stereocenters. The number of methoxy groups -OCH3 is 1. The maximum Gasteiger partial charge on any atom is 0.309 e. The lowest BCUT2D eigenvalue weighted by atomic mass is 9.84. The first-order chi connectivity index (χ1) is 6.81. The van der Waals surface area contributed by atoms with Crippen LogP contribution in [0.1, 0.15) is 17.5 Å². The highest BCUT2D eigenvalue weighted by atomic mass is 16.5. The molecule has 0 amide bonds. The fourth-order valence-corrected chi connectivity index (χ4v) is 2.07. The number of rotatable bonds is 1. The van der Waals surface area contributed by atoms with Crippen LogP contribution in [0.4, 0.5) is 0 Å². The summed E-state index contributed by atoms with van der Waals surface area (Å²) < 4.78 is 4.77. The van der Waals surface area contributed by atoms with Gasteiger partial charge in [-0.2, -0.15) is 0 Å². The van der Waals surface area contributed by atoms with E-state index in [0.29, 0.717) is 0 Å². The van der Waals surface area contributed by atoms with Crippen molar-refractivity contribution in [1.29, 1.82) is 0 Å². The van der Waals surface area contributed by atoms with Crippen LogP contribution in [0.5, 0.6) is 0 Å². The van der Waals surface area contributed by atoms with Crippen LogP contribution < -0.4 is 0 Å². The molecule has 0 saturated heterocycles. The van der Waals surface area contributed by atoms with Gasteiger partial charge in [-0.15, -0.1) is 0 Å². The van der Waals surface area contributed by atoms with Crippen molar-refractivity contribution in [3.05, 3.63) is 35.4 Å². The summed E-state index contributed by atoms with van der Waals surface area (Å²) in [7, 11) is 1.46. The van der Waals surface area contributed by atoms with Crippen molar-refractivity contribution in [2.45, 2.75) is 19.3 Å². The molecule has 0 N–H and O–H groups in total. The number of carbonyl (C=O) groups is 1. The number of benzene rings is 1. The van der Waals surface area contributed by atoms with Crippen LogP contribution in [0.15, 0.2) is 24.3 Å². The molecular weight excluding hydrogens is 176 g/mol. The van der Waals surface area contributed by atoms with Crippen LogP contribution >= 0.6 is 0 Å². The van der Waals surface area contributed by atoms with E-state index in [1.165, 1.54) is 18.2 Å². The molecule has 1 aliphatic carbocycles. The molecular formula is C12H14O2. The average Bonchev–Trinajstić information content (AvgIpc) is 2.27. The number of carbonyl (C=O) groups excluding carboxylic acids is 1. The van der Waals surface area contributed by atoms with Crippen LogP contribution in [0, 0.1) is 5.92 Å². The third-order valence-corrected chi connectivity index (χ3v) is 2.88. The zero-order chi connectivity index (χ0) is 9.97. The second-order valence-electron chi connectivity index (χ2n) is 3.73. The number of esters is 1. The van der Waals surface area contributed by atoms with E-state index in [-0.39, 0.29) is 11.9 Å². The molecule has 0 spiro atoms. The third-order valence-electron chi connectivity index (χ3n) is 2.88.